The highest BCUT2D eigenvalue weighted by Crippen LogP contribution is 2.29. The largest absolute Gasteiger partial charge is 0.457 e. The Morgan fingerprint density at radius 2 is 0.857 bits per heavy atom. The summed E-state index contributed by atoms with van der Waals surface area (Å²) in [5.41, 5.74) is 2.15. The van der Waals surface area contributed by atoms with E-state index in [1.807, 2.05) is 60.7 Å². The molecule has 6 aromatic rings. The molecule has 0 fully saturated rings. The Labute approximate surface area is 249 Å². The quantitative estimate of drug-likeness (QED) is 0.175. The van der Waals surface area contributed by atoms with Crippen molar-refractivity contribution in [2.24, 2.45) is 0 Å². The van der Waals surface area contributed by atoms with E-state index in [4.69, 9.17) is 9.47 Å². The molecule has 0 atom stereocenters. The number of aromatic nitrogens is 2. The Balaban J connectivity index is 1.03. The standard InChI is InChI=1S/C32H22N4O4S2/c37-29(21-11-15-25(16-12-21)39-23-7-3-1-4-8-23)35-31-33-27(19-41-31)28-20-42-32(34-28)36-30(38)22-13-17-26(18-14-22)40-24-9-5-2-6-10-24/h1-20H,(H,33,35,37)(H,34,36,38). The van der Waals surface area contributed by atoms with E-state index in [0.29, 0.717) is 44.3 Å². The molecule has 2 heterocycles. The van der Waals surface area contributed by atoms with Gasteiger partial charge in [0.15, 0.2) is 10.3 Å². The van der Waals surface area contributed by atoms with Crippen molar-refractivity contribution in [2.45, 2.75) is 0 Å². The molecule has 10 heteroatoms. The minimum absolute atomic E-state index is 0.284. The van der Waals surface area contributed by atoms with Crippen LogP contribution in [-0.2, 0) is 0 Å². The van der Waals surface area contributed by atoms with Crippen molar-refractivity contribution in [3.8, 4) is 34.4 Å². The number of nitrogens with one attached hydrogen (secondary N) is 2. The number of rotatable bonds is 9. The van der Waals surface area contributed by atoms with Gasteiger partial charge in [-0.2, -0.15) is 0 Å². The maximum Gasteiger partial charge on any atom is 0.257 e. The van der Waals surface area contributed by atoms with E-state index in [-0.39, 0.29) is 11.8 Å². The van der Waals surface area contributed by atoms with Crippen molar-refractivity contribution in [3.05, 3.63) is 131 Å². The van der Waals surface area contributed by atoms with Crippen LogP contribution in [0.25, 0.3) is 11.4 Å². The monoisotopic (exact) mass is 590 g/mol. The smallest absolute Gasteiger partial charge is 0.257 e. The summed E-state index contributed by atoms with van der Waals surface area (Å²) >= 11 is 2.58. The molecule has 206 valence electrons. The number of para-hydroxylation sites is 2. The maximum atomic E-state index is 12.7. The van der Waals surface area contributed by atoms with Gasteiger partial charge in [0.2, 0.25) is 0 Å². The molecule has 8 nitrogen and oxygen atoms in total. The predicted molar refractivity (Wildman–Crippen MR) is 165 cm³/mol. The molecular weight excluding hydrogens is 569 g/mol. The summed E-state index contributed by atoms with van der Waals surface area (Å²) in [6.07, 6.45) is 0. The summed E-state index contributed by atoms with van der Waals surface area (Å²) < 4.78 is 11.6. The SMILES string of the molecule is O=C(Nc1nc(-c2csc(NC(=O)c3ccc(Oc4ccccc4)cc3)n2)cs1)c1ccc(Oc2ccccc2)cc1. The van der Waals surface area contributed by atoms with Gasteiger partial charge in [-0.25, -0.2) is 9.97 Å². The second-order valence-corrected chi connectivity index (χ2v) is 10.6. The molecule has 0 saturated heterocycles. The van der Waals surface area contributed by atoms with Gasteiger partial charge in [0.05, 0.1) is 0 Å². The number of anilines is 2. The van der Waals surface area contributed by atoms with Crippen molar-refractivity contribution in [1.82, 2.24) is 9.97 Å². The molecule has 0 aliphatic carbocycles. The van der Waals surface area contributed by atoms with Gasteiger partial charge in [-0.15, -0.1) is 22.7 Å². The van der Waals surface area contributed by atoms with Crippen LogP contribution in [-0.4, -0.2) is 21.8 Å². The van der Waals surface area contributed by atoms with Crippen molar-refractivity contribution in [1.29, 1.82) is 0 Å². The van der Waals surface area contributed by atoms with E-state index < -0.39 is 0 Å². The fourth-order valence-electron chi connectivity index (χ4n) is 3.83. The molecule has 0 bridgehead atoms. The van der Waals surface area contributed by atoms with Crippen LogP contribution in [0.15, 0.2) is 120 Å². The van der Waals surface area contributed by atoms with E-state index in [2.05, 4.69) is 20.6 Å². The fraction of sp³-hybridized carbons (Fsp3) is 0. The Morgan fingerprint density at radius 1 is 0.500 bits per heavy atom. The lowest BCUT2D eigenvalue weighted by Crippen LogP contribution is -2.11. The molecule has 0 unspecified atom stereocenters. The van der Waals surface area contributed by atoms with Gasteiger partial charge in [0.1, 0.15) is 34.4 Å². The lowest BCUT2D eigenvalue weighted by atomic mass is 10.2. The van der Waals surface area contributed by atoms with Crippen LogP contribution >= 0.6 is 22.7 Å². The molecule has 0 spiro atoms. The first-order valence-electron chi connectivity index (χ1n) is 12.8. The molecule has 0 aliphatic heterocycles. The third kappa shape index (κ3) is 6.69. The molecule has 2 amide bonds. The zero-order chi connectivity index (χ0) is 28.7. The summed E-state index contributed by atoms with van der Waals surface area (Å²) in [6, 6.07) is 32.6. The maximum absolute atomic E-state index is 12.7. The minimum atomic E-state index is -0.284. The molecular formula is C32H22N4O4S2. The van der Waals surface area contributed by atoms with Crippen molar-refractivity contribution >= 4 is 44.8 Å². The average molecular weight is 591 g/mol. The summed E-state index contributed by atoms with van der Waals surface area (Å²) in [5.74, 6) is 2.14. The van der Waals surface area contributed by atoms with Crippen molar-refractivity contribution < 1.29 is 19.1 Å². The fourth-order valence-corrected chi connectivity index (χ4v) is 5.23. The van der Waals surface area contributed by atoms with Gasteiger partial charge < -0.3 is 9.47 Å². The Hall–Kier alpha value is -5.32. The molecule has 2 aromatic heterocycles. The first-order chi connectivity index (χ1) is 20.6. The van der Waals surface area contributed by atoms with Gasteiger partial charge in [0.25, 0.3) is 11.8 Å². The summed E-state index contributed by atoms with van der Waals surface area (Å²) in [4.78, 5) is 34.5. The number of amides is 2. The lowest BCUT2D eigenvalue weighted by Gasteiger charge is -2.06. The highest BCUT2D eigenvalue weighted by Gasteiger charge is 2.14. The lowest BCUT2D eigenvalue weighted by molar-refractivity contribution is 0.101. The van der Waals surface area contributed by atoms with Crippen LogP contribution in [0.3, 0.4) is 0 Å². The third-order valence-electron chi connectivity index (χ3n) is 5.90. The third-order valence-corrected chi connectivity index (χ3v) is 7.42. The number of hydrogen-bond donors (Lipinski definition) is 2. The van der Waals surface area contributed by atoms with Gasteiger partial charge in [-0.1, -0.05) is 36.4 Å². The Kier molecular flexibility index (Phi) is 7.98. The van der Waals surface area contributed by atoms with E-state index in [1.165, 1.54) is 22.7 Å². The van der Waals surface area contributed by atoms with Crippen LogP contribution < -0.4 is 20.1 Å². The first-order valence-corrected chi connectivity index (χ1v) is 14.5. The molecule has 6 rings (SSSR count). The van der Waals surface area contributed by atoms with Crippen LogP contribution in [0, 0.1) is 0 Å². The van der Waals surface area contributed by atoms with E-state index >= 15 is 0 Å². The molecule has 2 N–H and O–H groups in total. The second-order valence-electron chi connectivity index (χ2n) is 8.86. The predicted octanol–water partition coefficient (Wildman–Crippen LogP) is 8.36. The highest BCUT2D eigenvalue weighted by molar-refractivity contribution is 7.15. The van der Waals surface area contributed by atoms with E-state index in [1.54, 1.807) is 59.3 Å². The second kappa shape index (κ2) is 12.5. The van der Waals surface area contributed by atoms with Crippen LogP contribution in [0.2, 0.25) is 0 Å². The summed E-state index contributed by atoms with van der Waals surface area (Å²) in [7, 11) is 0. The van der Waals surface area contributed by atoms with Gasteiger partial charge in [0, 0.05) is 21.9 Å². The van der Waals surface area contributed by atoms with Gasteiger partial charge in [-0.05, 0) is 72.8 Å². The number of benzene rings is 4. The molecule has 0 aliphatic rings. The summed E-state index contributed by atoms with van der Waals surface area (Å²) in [6.45, 7) is 0. The zero-order valence-electron chi connectivity index (χ0n) is 21.9. The number of carbonyl (C=O) groups excluding carboxylic acids is 2. The number of hydrogen-bond acceptors (Lipinski definition) is 8. The number of ether oxygens (including phenoxy) is 2. The van der Waals surface area contributed by atoms with E-state index in [9.17, 15) is 9.59 Å². The van der Waals surface area contributed by atoms with Crippen LogP contribution in [0.4, 0.5) is 10.3 Å². The number of thiazole rings is 2. The molecule has 0 radical (unpaired) electrons. The Morgan fingerprint density at radius 3 is 1.24 bits per heavy atom. The van der Waals surface area contributed by atoms with Gasteiger partial charge >= 0.3 is 0 Å². The minimum Gasteiger partial charge on any atom is -0.457 e. The normalized spacial score (nSPS) is 10.6. The number of nitrogens with zero attached hydrogens (tertiary/aromatic N) is 2. The molecule has 4 aromatic carbocycles. The highest BCUT2D eigenvalue weighted by atomic mass is 32.1. The topological polar surface area (TPSA) is 102 Å². The first kappa shape index (κ1) is 26.9. The Bertz CT molecular complexity index is 1670. The molecule has 0 saturated carbocycles. The average Bonchev–Trinajstić information content (AvgIpc) is 3.69. The van der Waals surface area contributed by atoms with Crippen LogP contribution in [0.5, 0.6) is 23.0 Å². The van der Waals surface area contributed by atoms with Gasteiger partial charge in [-0.3, -0.25) is 20.2 Å². The van der Waals surface area contributed by atoms with Crippen LogP contribution in [0.1, 0.15) is 20.7 Å². The number of carbonyl (C=O) groups is 2. The van der Waals surface area contributed by atoms with E-state index in [0.717, 1.165) is 11.5 Å². The molecule has 42 heavy (non-hydrogen) atoms. The summed E-state index contributed by atoms with van der Waals surface area (Å²) in [5, 5.41) is 10.1. The van der Waals surface area contributed by atoms with Crippen molar-refractivity contribution in [2.75, 3.05) is 10.6 Å². The van der Waals surface area contributed by atoms with Crippen molar-refractivity contribution in [3.63, 3.8) is 0 Å². The zero-order valence-corrected chi connectivity index (χ0v) is 23.5.